The summed E-state index contributed by atoms with van der Waals surface area (Å²) >= 11 is 1.43. The molecule has 0 spiro atoms. The van der Waals surface area contributed by atoms with Gasteiger partial charge in [0, 0.05) is 11.6 Å². The lowest BCUT2D eigenvalue weighted by Gasteiger charge is -2.33. The Morgan fingerprint density at radius 2 is 2.20 bits per heavy atom. The summed E-state index contributed by atoms with van der Waals surface area (Å²) < 4.78 is 5.86. The summed E-state index contributed by atoms with van der Waals surface area (Å²) in [6, 6.07) is 11.5. The zero-order valence-corrected chi connectivity index (χ0v) is 14.8. The molecule has 3 aromatic rings. The largest absolute Gasteiger partial charge is 0.487 e. The molecule has 0 aliphatic carbocycles. The Hall–Kier alpha value is -2.73. The van der Waals surface area contributed by atoms with Gasteiger partial charge < -0.3 is 4.74 Å². The predicted molar refractivity (Wildman–Crippen MR) is 98.3 cm³/mol. The minimum absolute atomic E-state index is 0.0620. The summed E-state index contributed by atoms with van der Waals surface area (Å²) in [5, 5.41) is 2.54. The fourth-order valence-electron chi connectivity index (χ4n) is 2.86. The first kappa shape index (κ1) is 15.8. The number of rotatable bonds is 2. The van der Waals surface area contributed by atoms with Crippen molar-refractivity contribution < 1.29 is 9.53 Å². The van der Waals surface area contributed by atoms with Gasteiger partial charge in [-0.2, -0.15) is 0 Å². The zero-order chi connectivity index (χ0) is 17.4. The van der Waals surface area contributed by atoms with Crippen molar-refractivity contribution in [3.8, 4) is 16.5 Å². The van der Waals surface area contributed by atoms with E-state index in [2.05, 4.69) is 9.97 Å². The molecule has 1 amide bonds. The number of aryl methyl sites for hydroxylation is 1. The molecule has 0 saturated carbocycles. The fourth-order valence-corrected chi connectivity index (χ4v) is 3.63. The van der Waals surface area contributed by atoms with E-state index in [-0.39, 0.29) is 12.0 Å². The second-order valence-electron chi connectivity index (χ2n) is 6.07. The molecule has 5 nitrogen and oxygen atoms in total. The molecule has 1 aliphatic rings. The van der Waals surface area contributed by atoms with Crippen LogP contribution >= 0.6 is 11.3 Å². The Morgan fingerprint density at radius 3 is 3.00 bits per heavy atom. The highest BCUT2D eigenvalue weighted by Gasteiger charge is 2.29. The van der Waals surface area contributed by atoms with Gasteiger partial charge in [0.05, 0.1) is 17.9 Å². The van der Waals surface area contributed by atoms with Crippen molar-refractivity contribution in [1.82, 2.24) is 9.97 Å². The number of thiazole rings is 1. The lowest BCUT2D eigenvalue weighted by atomic mass is 10.1. The van der Waals surface area contributed by atoms with Gasteiger partial charge in [0.25, 0.3) is 5.91 Å². The number of fused-ring (bicyclic) bond motifs is 1. The number of hydrogen-bond acceptors (Lipinski definition) is 5. The van der Waals surface area contributed by atoms with E-state index >= 15 is 0 Å². The number of pyridine rings is 1. The van der Waals surface area contributed by atoms with Gasteiger partial charge in [-0.05, 0) is 43.7 Å². The second-order valence-corrected chi connectivity index (χ2v) is 6.93. The van der Waals surface area contributed by atoms with Crippen molar-refractivity contribution in [2.45, 2.75) is 20.0 Å². The molecule has 1 unspecified atom stereocenters. The van der Waals surface area contributed by atoms with Gasteiger partial charge in [0.2, 0.25) is 0 Å². The van der Waals surface area contributed by atoms with Crippen LogP contribution in [-0.2, 0) is 0 Å². The van der Waals surface area contributed by atoms with Gasteiger partial charge in [0.15, 0.2) is 0 Å². The van der Waals surface area contributed by atoms with Crippen molar-refractivity contribution in [3.63, 3.8) is 0 Å². The van der Waals surface area contributed by atoms with Crippen LogP contribution in [0.3, 0.4) is 0 Å². The zero-order valence-electron chi connectivity index (χ0n) is 14.0. The maximum Gasteiger partial charge on any atom is 0.278 e. The number of carbonyl (C=O) groups is 1. The molecule has 4 rings (SSSR count). The summed E-state index contributed by atoms with van der Waals surface area (Å²) in [6.45, 7) is 4.47. The van der Waals surface area contributed by atoms with Gasteiger partial charge in [0.1, 0.15) is 22.6 Å². The van der Waals surface area contributed by atoms with Gasteiger partial charge in [-0.15, -0.1) is 11.3 Å². The van der Waals surface area contributed by atoms with E-state index in [4.69, 9.17) is 4.74 Å². The van der Waals surface area contributed by atoms with E-state index in [0.29, 0.717) is 12.2 Å². The van der Waals surface area contributed by atoms with E-state index in [1.807, 2.05) is 50.2 Å². The van der Waals surface area contributed by atoms with E-state index < -0.39 is 0 Å². The highest BCUT2D eigenvalue weighted by molar-refractivity contribution is 7.13. The van der Waals surface area contributed by atoms with Crippen molar-refractivity contribution >= 4 is 22.9 Å². The van der Waals surface area contributed by atoms with Gasteiger partial charge in [-0.3, -0.25) is 14.7 Å². The average Bonchev–Trinajstić information content (AvgIpc) is 3.12. The first-order valence-corrected chi connectivity index (χ1v) is 8.96. The van der Waals surface area contributed by atoms with Crippen molar-refractivity contribution in [3.05, 3.63) is 59.2 Å². The maximum absolute atomic E-state index is 13.1. The first-order valence-electron chi connectivity index (χ1n) is 8.08. The van der Waals surface area contributed by atoms with Crippen LogP contribution in [0.15, 0.2) is 48.0 Å². The molecular weight excluding hydrogens is 334 g/mol. The molecule has 0 radical (unpaired) electrons. The smallest absolute Gasteiger partial charge is 0.278 e. The molecule has 25 heavy (non-hydrogen) atoms. The third-order valence-electron chi connectivity index (χ3n) is 4.03. The number of anilines is 1. The standard InChI is InChI=1S/C19H17N3O2S/c1-12-6-7-17-16(9-12)22(10-13(2)24-17)19(23)15-11-25-18(21-15)14-5-3-4-8-20-14/h3-9,11,13H,10H2,1-2H3. The Morgan fingerprint density at radius 1 is 1.32 bits per heavy atom. The monoisotopic (exact) mass is 351 g/mol. The molecule has 1 aromatic carbocycles. The molecular formula is C19H17N3O2S. The number of ether oxygens (including phenoxy) is 1. The average molecular weight is 351 g/mol. The third-order valence-corrected chi connectivity index (χ3v) is 4.89. The normalized spacial score (nSPS) is 16.2. The molecule has 1 aliphatic heterocycles. The summed E-state index contributed by atoms with van der Waals surface area (Å²) in [4.78, 5) is 23.6. The lowest BCUT2D eigenvalue weighted by Crippen LogP contribution is -2.42. The molecule has 6 heteroatoms. The van der Waals surface area contributed by atoms with Crippen molar-refractivity contribution in [2.24, 2.45) is 0 Å². The van der Waals surface area contributed by atoms with Crippen LogP contribution in [0.1, 0.15) is 23.0 Å². The van der Waals surface area contributed by atoms with E-state index in [1.54, 1.807) is 16.5 Å². The minimum atomic E-state index is -0.111. The number of hydrogen-bond donors (Lipinski definition) is 0. The molecule has 0 bridgehead atoms. The Labute approximate surface area is 149 Å². The van der Waals surface area contributed by atoms with Gasteiger partial charge >= 0.3 is 0 Å². The lowest BCUT2D eigenvalue weighted by molar-refractivity contribution is 0.0957. The molecule has 2 aromatic heterocycles. The van der Waals surface area contributed by atoms with Crippen LogP contribution in [0.25, 0.3) is 10.7 Å². The maximum atomic E-state index is 13.1. The van der Waals surface area contributed by atoms with E-state index in [1.165, 1.54) is 11.3 Å². The second kappa shape index (κ2) is 6.29. The Balaban J connectivity index is 1.68. The summed E-state index contributed by atoms with van der Waals surface area (Å²) in [5.74, 6) is 0.623. The molecule has 126 valence electrons. The van der Waals surface area contributed by atoms with Gasteiger partial charge in [-0.25, -0.2) is 4.98 Å². The summed E-state index contributed by atoms with van der Waals surface area (Å²) in [7, 11) is 0. The molecule has 0 saturated heterocycles. The molecule has 0 fully saturated rings. The quantitative estimate of drug-likeness (QED) is 0.702. The number of carbonyl (C=O) groups excluding carboxylic acids is 1. The summed E-state index contributed by atoms with van der Waals surface area (Å²) in [6.07, 6.45) is 1.66. The Bertz CT molecular complexity index is 923. The Kier molecular flexibility index (Phi) is 3.97. The predicted octanol–water partition coefficient (Wildman–Crippen LogP) is 3.94. The highest BCUT2D eigenvalue weighted by Crippen LogP contribution is 2.35. The van der Waals surface area contributed by atoms with Crippen LogP contribution in [0.4, 0.5) is 5.69 Å². The van der Waals surface area contributed by atoms with Gasteiger partial charge in [-0.1, -0.05) is 12.1 Å². The SMILES string of the molecule is Cc1ccc2c(c1)N(C(=O)c1csc(-c3ccccn3)n1)CC(C)O2. The van der Waals surface area contributed by atoms with Crippen LogP contribution in [0, 0.1) is 6.92 Å². The van der Waals surface area contributed by atoms with Crippen LogP contribution in [-0.4, -0.2) is 28.5 Å². The van der Waals surface area contributed by atoms with E-state index in [0.717, 1.165) is 27.7 Å². The topological polar surface area (TPSA) is 55.3 Å². The van der Waals surface area contributed by atoms with Crippen LogP contribution in [0.2, 0.25) is 0 Å². The van der Waals surface area contributed by atoms with Crippen LogP contribution < -0.4 is 9.64 Å². The van der Waals surface area contributed by atoms with Crippen molar-refractivity contribution in [1.29, 1.82) is 0 Å². The minimum Gasteiger partial charge on any atom is -0.487 e. The third kappa shape index (κ3) is 3.00. The van der Waals surface area contributed by atoms with Crippen molar-refractivity contribution in [2.75, 3.05) is 11.4 Å². The first-order chi connectivity index (χ1) is 12.1. The molecule has 0 N–H and O–H groups in total. The molecule has 3 heterocycles. The van der Waals surface area contributed by atoms with E-state index in [9.17, 15) is 4.79 Å². The molecule has 1 atom stereocenters. The number of amides is 1. The number of nitrogens with zero attached hydrogens (tertiary/aromatic N) is 3. The highest BCUT2D eigenvalue weighted by atomic mass is 32.1. The van der Waals surface area contributed by atoms with Crippen LogP contribution in [0.5, 0.6) is 5.75 Å². The number of aromatic nitrogens is 2. The summed E-state index contributed by atoms with van der Waals surface area (Å²) in [5.41, 5.74) is 3.10. The fraction of sp³-hybridized carbons (Fsp3) is 0.211. The number of benzene rings is 1.